The molecule has 0 spiro atoms. The SMILES string of the molecule is CNCC(=O)N1CCCCC1c1nc(-c2ccccc2)no1. The van der Waals surface area contributed by atoms with Gasteiger partial charge in [0.25, 0.3) is 0 Å². The lowest BCUT2D eigenvalue weighted by Gasteiger charge is -2.33. The molecule has 1 saturated heterocycles. The molecule has 1 fully saturated rings. The number of aromatic nitrogens is 2. The molecule has 1 amide bonds. The lowest BCUT2D eigenvalue weighted by Crippen LogP contribution is -2.42. The van der Waals surface area contributed by atoms with Crippen molar-refractivity contribution in [2.45, 2.75) is 25.3 Å². The molecule has 2 heterocycles. The summed E-state index contributed by atoms with van der Waals surface area (Å²) in [6, 6.07) is 9.60. The van der Waals surface area contributed by atoms with Crippen molar-refractivity contribution in [3.63, 3.8) is 0 Å². The topological polar surface area (TPSA) is 71.3 Å². The second-order valence-corrected chi connectivity index (χ2v) is 5.45. The highest BCUT2D eigenvalue weighted by Gasteiger charge is 2.31. The number of benzene rings is 1. The fraction of sp³-hybridized carbons (Fsp3) is 0.438. The van der Waals surface area contributed by atoms with E-state index in [9.17, 15) is 4.79 Å². The number of hydrogen-bond donors (Lipinski definition) is 1. The Hall–Kier alpha value is -2.21. The highest BCUT2D eigenvalue weighted by molar-refractivity contribution is 5.78. The molecular weight excluding hydrogens is 280 g/mol. The minimum Gasteiger partial charge on any atom is -0.337 e. The van der Waals surface area contributed by atoms with Crippen LogP contribution < -0.4 is 5.32 Å². The maximum Gasteiger partial charge on any atom is 0.249 e. The molecule has 1 aliphatic heterocycles. The van der Waals surface area contributed by atoms with E-state index in [0.29, 0.717) is 18.3 Å². The van der Waals surface area contributed by atoms with Crippen LogP contribution in [0.1, 0.15) is 31.2 Å². The molecule has 1 aliphatic rings. The molecule has 0 saturated carbocycles. The Bertz CT molecular complexity index is 626. The van der Waals surface area contributed by atoms with Crippen LogP contribution in [0.3, 0.4) is 0 Å². The van der Waals surface area contributed by atoms with Gasteiger partial charge in [0.15, 0.2) is 0 Å². The van der Waals surface area contributed by atoms with Crippen molar-refractivity contribution in [2.24, 2.45) is 0 Å². The number of carbonyl (C=O) groups excluding carboxylic acids is 1. The Morgan fingerprint density at radius 2 is 2.18 bits per heavy atom. The smallest absolute Gasteiger partial charge is 0.249 e. The van der Waals surface area contributed by atoms with E-state index in [-0.39, 0.29) is 11.9 Å². The average molecular weight is 300 g/mol. The van der Waals surface area contributed by atoms with Gasteiger partial charge in [-0.25, -0.2) is 0 Å². The number of likely N-dealkylation sites (N-methyl/N-ethyl adjacent to an activating group) is 1. The van der Waals surface area contributed by atoms with Gasteiger partial charge in [0, 0.05) is 12.1 Å². The van der Waals surface area contributed by atoms with Crippen molar-refractivity contribution >= 4 is 5.91 Å². The van der Waals surface area contributed by atoms with Gasteiger partial charge in [0.1, 0.15) is 6.04 Å². The predicted molar refractivity (Wildman–Crippen MR) is 82.0 cm³/mol. The highest BCUT2D eigenvalue weighted by Crippen LogP contribution is 2.31. The van der Waals surface area contributed by atoms with Crippen LogP contribution in [0.5, 0.6) is 0 Å². The Labute approximate surface area is 129 Å². The second-order valence-electron chi connectivity index (χ2n) is 5.45. The van der Waals surface area contributed by atoms with E-state index < -0.39 is 0 Å². The van der Waals surface area contributed by atoms with Gasteiger partial charge >= 0.3 is 0 Å². The minimum absolute atomic E-state index is 0.0756. The number of piperidine rings is 1. The van der Waals surface area contributed by atoms with Gasteiger partial charge in [-0.1, -0.05) is 35.5 Å². The van der Waals surface area contributed by atoms with Crippen LogP contribution in [0.4, 0.5) is 0 Å². The lowest BCUT2D eigenvalue weighted by atomic mass is 10.0. The van der Waals surface area contributed by atoms with Gasteiger partial charge in [0.2, 0.25) is 17.6 Å². The summed E-state index contributed by atoms with van der Waals surface area (Å²) in [5.74, 6) is 1.18. The molecular formula is C16H20N4O2. The molecule has 1 atom stereocenters. The van der Waals surface area contributed by atoms with Crippen LogP contribution in [0, 0.1) is 0 Å². The summed E-state index contributed by atoms with van der Waals surface area (Å²) in [4.78, 5) is 18.6. The molecule has 1 unspecified atom stereocenters. The first kappa shape index (κ1) is 14.7. The third kappa shape index (κ3) is 3.01. The molecule has 1 N–H and O–H groups in total. The zero-order valence-electron chi connectivity index (χ0n) is 12.7. The van der Waals surface area contributed by atoms with Gasteiger partial charge < -0.3 is 14.7 Å². The van der Waals surface area contributed by atoms with E-state index in [0.717, 1.165) is 31.4 Å². The molecule has 1 aromatic carbocycles. The van der Waals surface area contributed by atoms with Crippen LogP contribution >= 0.6 is 0 Å². The largest absolute Gasteiger partial charge is 0.337 e. The molecule has 1 aromatic heterocycles. The van der Waals surface area contributed by atoms with Crippen molar-refractivity contribution in [3.05, 3.63) is 36.2 Å². The number of nitrogens with one attached hydrogen (secondary N) is 1. The van der Waals surface area contributed by atoms with Gasteiger partial charge in [-0.2, -0.15) is 4.98 Å². The van der Waals surface area contributed by atoms with E-state index in [1.54, 1.807) is 7.05 Å². The summed E-state index contributed by atoms with van der Waals surface area (Å²) in [6.45, 7) is 1.07. The zero-order chi connectivity index (χ0) is 15.4. The van der Waals surface area contributed by atoms with Gasteiger partial charge in [0.05, 0.1) is 6.54 Å². The molecule has 6 heteroatoms. The van der Waals surface area contributed by atoms with Crippen LogP contribution in [0.2, 0.25) is 0 Å². The molecule has 2 aromatic rings. The molecule has 0 aliphatic carbocycles. The summed E-state index contributed by atoms with van der Waals surface area (Å²) in [6.07, 6.45) is 2.95. The summed E-state index contributed by atoms with van der Waals surface area (Å²) in [7, 11) is 1.77. The maximum atomic E-state index is 12.2. The van der Waals surface area contributed by atoms with Crippen LogP contribution in [0.25, 0.3) is 11.4 Å². The van der Waals surface area contributed by atoms with Crippen molar-refractivity contribution in [3.8, 4) is 11.4 Å². The van der Waals surface area contributed by atoms with E-state index in [4.69, 9.17) is 4.52 Å². The first-order chi connectivity index (χ1) is 10.8. The second kappa shape index (κ2) is 6.70. The molecule has 6 nitrogen and oxygen atoms in total. The Morgan fingerprint density at radius 1 is 1.36 bits per heavy atom. The van der Waals surface area contributed by atoms with Gasteiger partial charge in [-0.15, -0.1) is 0 Å². The summed E-state index contributed by atoms with van der Waals surface area (Å²) < 4.78 is 5.44. The van der Waals surface area contributed by atoms with Crippen molar-refractivity contribution in [2.75, 3.05) is 20.1 Å². The maximum absolute atomic E-state index is 12.2. The highest BCUT2D eigenvalue weighted by atomic mass is 16.5. The van der Waals surface area contributed by atoms with Gasteiger partial charge in [-0.05, 0) is 26.3 Å². The quantitative estimate of drug-likeness (QED) is 0.935. The Morgan fingerprint density at radius 3 is 2.95 bits per heavy atom. The number of hydrogen-bond acceptors (Lipinski definition) is 5. The van der Waals surface area contributed by atoms with E-state index in [1.165, 1.54) is 0 Å². The minimum atomic E-state index is -0.112. The first-order valence-electron chi connectivity index (χ1n) is 7.62. The molecule has 22 heavy (non-hydrogen) atoms. The fourth-order valence-electron chi connectivity index (χ4n) is 2.81. The third-order valence-corrected chi connectivity index (χ3v) is 3.91. The van der Waals surface area contributed by atoms with Crippen molar-refractivity contribution in [1.82, 2.24) is 20.4 Å². The summed E-state index contributed by atoms with van der Waals surface area (Å²) in [5, 5.41) is 6.97. The number of nitrogens with zero attached hydrogens (tertiary/aromatic N) is 3. The summed E-state index contributed by atoms with van der Waals surface area (Å²) in [5.41, 5.74) is 0.918. The number of rotatable bonds is 4. The number of likely N-dealkylation sites (tertiary alicyclic amines) is 1. The average Bonchev–Trinajstić information content (AvgIpc) is 3.06. The Balaban J connectivity index is 1.82. The monoisotopic (exact) mass is 300 g/mol. The van der Waals surface area contributed by atoms with Crippen molar-refractivity contribution in [1.29, 1.82) is 0 Å². The van der Waals surface area contributed by atoms with Crippen LogP contribution in [-0.2, 0) is 4.79 Å². The molecule has 0 bridgehead atoms. The van der Waals surface area contributed by atoms with E-state index >= 15 is 0 Å². The normalized spacial score (nSPS) is 18.4. The molecule has 0 radical (unpaired) electrons. The third-order valence-electron chi connectivity index (χ3n) is 3.91. The molecule has 3 rings (SSSR count). The zero-order valence-corrected chi connectivity index (χ0v) is 12.7. The van der Waals surface area contributed by atoms with Crippen molar-refractivity contribution < 1.29 is 9.32 Å². The predicted octanol–water partition coefficient (Wildman–Crippen LogP) is 2.01. The van der Waals surface area contributed by atoms with Crippen LogP contribution in [0.15, 0.2) is 34.9 Å². The lowest BCUT2D eigenvalue weighted by molar-refractivity contribution is -0.134. The van der Waals surface area contributed by atoms with E-state index in [2.05, 4.69) is 15.5 Å². The standard InChI is InChI=1S/C16H20N4O2/c1-17-11-14(21)20-10-6-5-9-13(20)16-18-15(19-22-16)12-7-3-2-4-8-12/h2-4,7-8,13,17H,5-6,9-11H2,1H3. The summed E-state index contributed by atoms with van der Waals surface area (Å²) >= 11 is 0. The van der Waals surface area contributed by atoms with Gasteiger partial charge in [-0.3, -0.25) is 4.79 Å². The number of amides is 1. The number of carbonyl (C=O) groups is 1. The first-order valence-corrected chi connectivity index (χ1v) is 7.62. The molecule has 116 valence electrons. The van der Waals surface area contributed by atoms with Crippen LogP contribution in [-0.4, -0.2) is 41.1 Å². The Kier molecular flexibility index (Phi) is 4.48. The fourth-order valence-corrected chi connectivity index (χ4v) is 2.81. The van der Waals surface area contributed by atoms with E-state index in [1.807, 2.05) is 35.2 Å².